The van der Waals surface area contributed by atoms with Crippen molar-refractivity contribution in [3.63, 3.8) is 0 Å². The van der Waals surface area contributed by atoms with Gasteiger partial charge in [0.2, 0.25) is 0 Å². The van der Waals surface area contributed by atoms with Gasteiger partial charge in [-0.25, -0.2) is 0 Å². The second kappa shape index (κ2) is 6.29. The quantitative estimate of drug-likeness (QED) is 0.366. The van der Waals surface area contributed by atoms with Crippen LogP contribution in [0.1, 0.15) is 5.56 Å². The van der Waals surface area contributed by atoms with Crippen molar-refractivity contribution < 1.29 is 4.79 Å². The van der Waals surface area contributed by atoms with Crippen molar-refractivity contribution in [1.82, 2.24) is 0 Å². The van der Waals surface area contributed by atoms with Gasteiger partial charge in [-0.3, -0.25) is 4.79 Å². The summed E-state index contributed by atoms with van der Waals surface area (Å²) >= 11 is 0. The molecule has 0 N–H and O–H groups in total. The summed E-state index contributed by atoms with van der Waals surface area (Å²) in [6.07, 6.45) is 3.48. The Bertz CT molecular complexity index is 433. The predicted octanol–water partition coefficient (Wildman–Crippen LogP) is 1.80. The molecule has 1 aromatic rings. The van der Waals surface area contributed by atoms with E-state index >= 15 is 0 Å². The Morgan fingerprint density at radius 2 is 1.86 bits per heavy atom. The molecule has 0 aromatic heterocycles. The number of hydrogen-bond donors (Lipinski definition) is 0. The number of hydrogen-bond acceptors (Lipinski definition) is 1. The van der Waals surface area contributed by atoms with Gasteiger partial charge in [0.15, 0.2) is 0 Å². The molecule has 1 heteroatoms. The summed E-state index contributed by atoms with van der Waals surface area (Å²) in [6.45, 7) is 0. The van der Waals surface area contributed by atoms with E-state index in [1.54, 1.807) is 0 Å². The summed E-state index contributed by atoms with van der Waals surface area (Å²) in [5, 5.41) is 0. The number of allylic oxidation sites excluding steroid dienone is 2. The lowest BCUT2D eigenvalue weighted by atomic mass is 10.2. The van der Waals surface area contributed by atoms with E-state index in [0.29, 0.717) is 6.29 Å². The molecule has 0 radical (unpaired) electrons. The lowest BCUT2D eigenvalue weighted by Gasteiger charge is -1.83. The highest BCUT2D eigenvalue weighted by molar-refractivity contribution is 5.65. The molecule has 0 saturated heterocycles. The maximum atomic E-state index is 9.87. The first-order chi connectivity index (χ1) is 6.93. The molecular formula is C13H8O. The average Bonchev–Trinajstić information content (AvgIpc) is 2.25. The Morgan fingerprint density at radius 1 is 1.07 bits per heavy atom. The molecule has 0 spiro atoms. The first-order valence-corrected chi connectivity index (χ1v) is 4.10. The molecule has 0 bridgehead atoms. The van der Waals surface area contributed by atoms with Crippen LogP contribution in [0.4, 0.5) is 0 Å². The first kappa shape index (κ1) is 9.84. The van der Waals surface area contributed by atoms with Gasteiger partial charge in [-0.15, -0.1) is 0 Å². The third-order valence-corrected chi connectivity index (χ3v) is 1.37. The minimum Gasteiger partial charge on any atom is -0.299 e. The van der Waals surface area contributed by atoms with Crippen LogP contribution in [0.3, 0.4) is 0 Å². The van der Waals surface area contributed by atoms with Gasteiger partial charge < -0.3 is 0 Å². The van der Waals surface area contributed by atoms with E-state index in [4.69, 9.17) is 0 Å². The minimum atomic E-state index is 0.680. The molecule has 1 rings (SSSR count). The Labute approximate surface area is 83.5 Å². The van der Waals surface area contributed by atoms with Crippen LogP contribution in [0.2, 0.25) is 0 Å². The fraction of sp³-hybridized carbons (Fsp3) is 0. The van der Waals surface area contributed by atoms with Crippen LogP contribution in [0.25, 0.3) is 0 Å². The first-order valence-electron chi connectivity index (χ1n) is 4.10. The largest absolute Gasteiger partial charge is 0.299 e. The van der Waals surface area contributed by atoms with Crippen LogP contribution in [0.5, 0.6) is 0 Å². The van der Waals surface area contributed by atoms with Gasteiger partial charge in [0.1, 0.15) is 6.29 Å². The number of benzene rings is 1. The van der Waals surface area contributed by atoms with E-state index < -0.39 is 0 Å². The van der Waals surface area contributed by atoms with Crippen molar-refractivity contribution in [3.8, 4) is 23.7 Å². The Hall–Kier alpha value is -2.25. The van der Waals surface area contributed by atoms with Crippen LogP contribution in [-0.2, 0) is 4.79 Å². The van der Waals surface area contributed by atoms with Gasteiger partial charge in [0.25, 0.3) is 0 Å². The maximum Gasteiger partial charge on any atom is 0.143 e. The molecule has 0 unspecified atom stereocenters. The summed E-state index contributed by atoms with van der Waals surface area (Å²) in [4.78, 5) is 9.87. The highest BCUT2D eigenvalue weighted by atomic mass is 16.1. The molecule has 0 aliphatic rings. The van der Waals surface area contributed by atoms with Gasteiger partial charge >= 0.3 is 0 Å². The summed E-state index contributed by atoms with van der Waals surface area (Å²) < 4.78 is 0. The topological polar surface area (TPSA) is 17.1 Å². The van der Waals surface area contributed by atoms with Crippen molar-refractivity contribution in [2.45, 2.75) is 0 Å². The van der Waals surface area contributed by atoms with Gasteiger partial charge in [-0.2, -0.15) is 0 Å². The van der Waals surface area contributed by atoms with Gasteiger partial charge in [0, 0.05) is 5.56 Å². The zero-order chi connectivity index (χ0) is 10.1. The van der Waals surface area contributed by atoms with E-state index in [1.165, 1.54) is 12.2 Å². The van der Waals surface area contributed by atoms with Crippen molar-refractivity contribution in [3.05, 3.63) is 48.0 Å². The van der Waals surface area contributed by atoms with Crippen molar-refractivity contribution in [1.29, 1.82) is 0 Å². The average molecular weight is 180 g/mol. The fourth-order valence-electron chi connectivity index (χ4n) is 0.790. The number of carbonyl (C=O) groups excluding carboxylic acids is 1. The molecule has 66 valence electrons. The maximum absolute atomic E-state index is 9.87. The summed E-state index contributed by atoms with van der Waals surface area (Å²) in [5.41, 5.74) is 0.932. The molecule has 0 heterocycles. The zero-order valence-electron chi connectivity index (χ0n) is 7.53. The van der Waals surface area contributed by atoms with E-state index in [1.807, 2.05) is 30.3 Å². The fourth-order valence-corrected chi connectivity index (χ4v) is 0.790. The monoisotopic (exact) mass is 180 g/mol. The van der Waals surface area contributed by atoms with Gasteiger partial charge in [-0.05, 0) is 36.1 Å². The molecule has 0 amide bonds. The predicted molar refractivity (Wildman–Crippen MR) is 56.3 cm³/mol. The molecule has 0 atom stereocenters. The second-order valence-electron chi connectivity index (χ2n) is 2.38. The van der Waals surface area contributed by atoms with E-state index in [0.717, 1.165) is 5.56 Å². The molecule has 0 aliphatic carbocycles. The zero-order valence-corrected chi connectivity index (χ0v) is 7.53. The van der Waals surface area contributed by atoms with Crippen molar-refractivity contribution in [2.75, 3.05) is 0 Å². The molecule has 1 aromatic carbocycles. The molecule has 0 saturated carbocycles. The van der Waals surface area contributed by atoms with Crippen molar-refractivity contribution in [2.24, 2.45) is 0 Å². The minimum absolute atomic E-state index is 0.680. The third-order valence-electron chi connectivity index (χ3n) is 1.37. The third kappa shape index (κ3) is 3.95. The van der Waals surface area contributed by atoms with Crippen LogP contribution in [0, 0.1) is 23.7 Å². The lowest BCUT2D eigenvalue weighted by Crippen LogP contribution is -1.68. The number of aldehydes is 1. The van der Waals surface area contributed by atoms with Crippen LogP contribution < -0.4 is 0 Å². The molecular weight excluding hydrogens is 172 g/mol. The number of carbonyl (C=O) groups is 1. The van der Waals surface area contributed by atoms with E-state index in [9.17, 15) is 4.79 Å². The highest BCUT2D eigenvalue weighted by Gasteiger charge is 1.78. The van der Waals surface area contributed by atoms with Crippen LogP contribution in [-0.4, -0.2) is 6.29 Å². The Kier molecular flexibility index (Phi) is 4.42. The second-order valence-corrected chi connectivity index (χ2v) is 2.38. The lowest BCUT2D eigenvalue weighted by molar-refractivity contribution is -0.104. The smallest absolute Gasteiger partial charge is 0.143 e. The SMILES string of the molecule is O=C/C=C\C#CC#Cc1ccccc1. The number of rotatable bonds is 1. The Morgan fingerprint density at radius 3 is 2.57 bits per heavy atom. The van der Waals surface area contributed by atoms with E-state index in [-0.39, 0.29) is 0 Å². The standard InChI is InChI=1S/C13H8O/c14-12-8-3-1-2-5-9-13-10-6-4-7-11-13/h3-4,6-8,10-12H/b8-3-. The van der Waals surface area contributed by atoms with Gasteiger partial charge in [0.05, 0.1) is 0 Å². The highest BCUT2D eigenvalue weighted by Crippen LogP contribution is 1.93. The normalized spacial score (nSPS) is 8.29. The van der Waals surface area contributed by atoms with Gasteiger partial charge in [-0.1, -0.05) is 30.0 Å². The van der Waals surface area contributed by atoms with E-state index in [2.05, 4.69) is 23.7 Å². The van der Waals surface area contributed by atoms with Crippen LogP contribution >= 0.6 is 0 Å². The van der Waals surface area contributed by atoms with Crippen LogP contribution in [0.15, 0.2) is 42.5 Å². The summed E-state index contributed by atoms with van der Waals surface area (Å²) in [5.74, 6) is 10.8. The molecule has 0 aliphatic heterocycles. The molecule has 1 nitrogen and oxygen atoms in total. The summed E-state index contributed by atoms with van der Waals surface area (Å²) in [6, 6.07) is 9.60. The molecule has 0 fully saturated rings. The Balaban J connectivity index is 2.60. The summed E-state index contributed by atoms with van der Waals surface area (Å²) in [7, 11) is 0. The van der Waals surface area contributed by atoms with Crippen molar-refractivity contribution >= 4 is 6.29 Å². The molecule has 14 heavy (non-hydrogen) atoms.